The maximum absolute atomic E-state index is 12.9. The highest BCUT2D eigenvalue weighted by molar-refractivity contribution is 7.99. The average Bonchev–Trinajstić information content (AvgIpc) is 2.77. The van der Waals surface area contributed by atoms with Crippen molar-refractivity contribution >= 4 is 23.4 Å². The summed E-state index contributed by atoms with van der Waals surface area (Å²) in [4.78, 5) is 11.0. The summed E-state index contributed by atoms with van der Waals surface area (Å²) < 4.78 is 39.4. The topological polar surface area (TPSA) is 91.3 Å². The van der Waals surface area contributed by atoms with Crippen LogP contribution in [0.4, 0.5) is 13.2 Å². The van der Waals surface area contributed by atoms with Crippen LogP contribution in [-0.4, -0.2) is 31.4 Å². The number of carboxylic acid groups (broad SMARTS) is 1. The first-order chi connectivity index (χ1) is 9.36. The van der Waals surface area contributed by atoms with Crippen LogP contribution in [0.2, 0.25) is 0 Å². The first kappa shape index (κ1) is 14.1. The predicted octanol–water partition coefficient (Wildman–Crippen LogP) is 2.06. The average molecular weight is 302 g/mol. The van der Waals surface area contributed by atoms with Gasteiger partial charge in [-0.15, -0.1) is 10.2 Å². The van der Waals surface area contributed by atoms with Crippen LogP contribution in [0, 0.1) is 11.3 Å². The standard InChI is InChI=1S/C10H5F3N4O2S/c11-10(12,13)6-2-1-5(8(18)19)7-15-16-9(17(6)7)20-4-3-14/h1-2H,4H2,(H,18,19). The molecule has 0 aliphatic heterocycles. The highest BCUT2D eigenvalue weighted by atomic mass is 32.2. The second-order valence-corrected chi connectivity index (χ2v) is 4.47. The number of carbonyl (C=O) groups is 1. The van der Waals surface area contributed by atoms with Crippen molar-refractivity contribution < 1.29 is 23.1 Å². The second kappa shape index (κ2) is 5.01. The SMILES string of the molecule is N#CCSc1nnc2c(C(=O)O)ccc(C(F)(F)F)n12. The van der Waals surface area contributed by atoms with Crippen LogP contribution in [-0.2, 0) is 6.18 Å². The summed E-state index contributed by atoms with van der Waals surface area (Å²) in [6.07, 6.45) is -4.69. The molecule has 0 spiro atoms. The van der Waals surface area contributed by atoms with E-state index in [1.807, 2.05) is 0 Å². The quantitative estimate of drug-likeness (QED) is 0.873. The predicted molar refractivity (Wildman–Crippen MR) is 61.3 cm³/mol. The first-order valence-electron chi connectivity index (χ1n) is 5.04. The lowest BCUT2D eigenvalue weighted by Crippen LogP contribution is -2.14. The van der Waals surface area contributed by atoms with Gasteiger partial charge in [0, 0.05) is 0 Å². The number of nitriles is 1. The fourth-order valence-corrected chi connectivity index (χ4v) is 2.16. The molecule has 0 aliphatic carbocycles. The summed E-state index contributed by atoms with van der Waals surface area (Å²) in [5, 5.41) is 24.2. The molecule has 20 heavy (non-hydrogen) atoms. The molecule has 2 heterocycles. The number of nitrogens with zero attached hydrogens (tertiary/aromatic N) is 4. The molecule has 2 aromatic heterocycles. The Labute approximate surface area is 113 Å². The van der Waals surface area contributed by atoms with Crippen molar-refractivity contribution in [2.24, 2.45) is 0 Å². The number of aromatic carboxylic acids is 1. The molecule has 0 radical (unpaired) electrons. The lowest BCUT2D eigenvalue weighted by Gasteiger charge is -2.11. The van der Waals surface area contributed by atoms with Gasteiger partial charge in [0.05, 0.1) is 11.8 Å². The Balaban J connectivity index is 2.75. The van der Waals surface area contributed by atoms with E-state index < -0.39 is 29.1 Å². The van der Waals surface area contributed by atoms with Crippen molar-refractivity contribution in [3.8, 4) is 6.07 Å². The van der Waals surface area contributed by atoms with Crippen molar-refractivity contribution in [3.63, 3.8) is 0 Å². The maximum atomic E-state index is 12.9. The summed E-state index contributed by atoms with van der Waals surface area (Å²) in [5.74, 6) is -1.54. The minimum Gasteiger partial charge on any atom is -0.478 e. The van der Waals surface area contributed by atoms with Gasteiger partial charge in [0.2, 0.25) is 0 Å². The highest BCUT2D eigenvalue weighted by Crippen LogP contribution is 2.32. The molecule has 2 rings (SSSR count). The second-order valence-electron chi connectivity index (χ2n) is 3.52. The third kappa shape index (κ3) is 2.39. The Morgan fingerprint density at radius 3 is 2.70 bits per heavy atom. The van der Waals surface area contributed by atoms with Gasteiger partial charge in [-0.1, -0.05) is 11.8 Å². The highest BCUT2D eigenvalue weighted by Gasteiger charge is 2.35. The van der Waals surface area contributed by atoms with Crippen molar-refractivity contribution in [2.45, 2.75) is 11.3 Å². The Bertz CT molecular complexity index is 720. The fraction of sp³-hybridized carbons (Fsp3) is 0.200. The van der Waals surface area contributed by atoms with Crippen molar-refractivity contribution in [3.05, 3.63) is 23.4 Å². The van der Waals surface area contributed by atoms with Crippen molar-refractivity contribution in [1.82, 2.24) is 14.6 Å². The summed E-state index contributed by atoms with van der Waals surface area (Å²) >= 11 is 0.743. The molecule has 0 amide bonds. The number of alkyl halides is 3. The Morgan fingerprint density at radius 1 is 1.45 bits per heavy atom. The van der Waals surface area contributed by atoms with Crippen LogP contribution in [0.5, 0.6) is 0 Å². The number of hydrogen-bond acceptors (Lipinski definition) is 5. The maximum Gasteiger partial charge on any atom is 0.431 e. The van der Waals surface area contributed by atoms with Gasteiger partial charge in [0.15, 0.2) is 10.8 Å². The van der Waals surface area contributed by atoms with Crippen LogP contribution in [0.1, 0.15) is 16.1 Å². The van der Waals surface area contributed by atoms with E-state index in [1.165, 1.54) is 0 Å². The zero-order valence-electron chi connectivity index (χ0n) is 9.55. The lowest BCUT2D eigenvalue weighted by atomic mass is 10.2. The van der Waals surface area contributed by atoms with E-state index in [0.717, 1.165) is 17.8 Å². The van der Waals surface area contributed by atoms with Crippen LogP contribution >= 0.6 is 11.8 Å². The lowest BCUT2D eigenvalue weighted by molar-refractivity contribution is -0.142. The minimum absolute atomic E-state index is 0.130. The van der Waals surface area contributed by atoms with Crippen molar-refractivity contribution in [2.75, 3.05) is 5.75 Å². The molecular weight excluding hydrogens is 297 g/mol. The van der Waals surface area contributed by atoms with Crippen LogP contribution in [0.15, 0.2) is 17.3 Å². The Morgan fingerprint density at radius 2 is 2.15 bits per heavy atom. The number of rotatable bonds is 3. The molecule has 0 saturated carbocycles. The van der Waals surface area contributed by atoms with Gasteiger partial charge >= 0.3 is 12.1 Å². The van der Waals surface area contributed by atoms with E-state index in [4.69, 9.17) is 10.4 Å². The van der Waals surface area contributed by atoms with Crippen LogP contribution in [0.25, 0.3) is 5.65 Å². The molecule has 2 aromatic rings. The summed E-state index contributed by atoms with van der Waals surface area (Å²) in [5.41, 5.74) is -1.90. The first-order valence-corrected chi connectivity index (χ1v) is 6.03. The molecule has 0 aromatic carbocycles. The van der Waals surface area contributed by atoms with Gasteiger partial charge in [0.25, 0.3) is 0 Å². The Kier molecular flexibility index (Phi) is 3.54. The number of thioether (sulfide) groups is 1. The van der Waals surface area contributed by atoms with E-state index in [0.29, 0.717) is 10.5 Å². The number of halogens is 3. The zero-order valence-corrected chi connectivity index (χ0v) is 10.4. The van der Waals surface area contributed by atoms with E-state index in [-0.39, 0.29) is 10.9 Å². The molecule has 0 aliphatic rings. The zero-order chi connectivity index (χ0) is 14.9. The molecule has 0 unspecified atom stereocenters. The Hall–Kier alpha value is -2.28. The molecule has 0 atom stereocenters. The fourth-order valence-electron chi connectivity index (χ4n) is 1.55. The molecular formula is C10H5F3N4O2S. The van der Waals surface area contributed by atoms with E-state index in [9.17, 15) is 18.0 Å². The molecule has 0 saturated heterocycles. The van der Waals surface area contributed by atoms with E-state index in [2.05, 4.69) is 10.2 Å². The van der Waals surface area contributed by atoms with Gasteiger partial charge in [-0.3, -0.25) is 4.40 Å². The minimum atomic E-state index is -4.69. The largest absolute Gasteiger partial charge is 0.478 e. The molecule has 10 heteroatoms. The summed E-state index contributed by atoms with van der Waals surface area (Å²) in [6, 6.07) is 3.23. The van der Waals surface area contributed by atoms with Crippen LogP contribution < -0.4 is 0 Å². The normalized spacial score (nSPS) is 11.5. The van der Waals surface area contributed by atoms with Gasteiger partial charge in [0.1, 0.15) is 11.3 Å². The van der Waals surface area contributed by atoms with Gasteiger partial charge in [-0.2, -0.15) is 18.4 Å². The molecule has 0 bridgehead atoms. The molecule has 6 nitrogen and oxygen atoms in total. The van der Waals surface area contributed by atoms with Gasteiger partial charge in [-0.05, 0) is 12.1 Å². The number of pyridine rings is 1. The number of fused-ring (bicyclic) bond motifs is 1. The molecule has 1 N–H and O–H groups in total. The third-order valence-electron chi connectivity index (χ3n) is 2.31. The van der Waals surface area contributed by atoms with Gasteiger partial charge in [-0.25, -0.2) is 4.79 Å². The monoisotopic (exact) mass is 302 g/mol. The third-order valence-corrected chi connectivity index (χ3v) is 3.11. The van der Waals surface area contributed by atoms with Crippen molar-refractivity contribution in [1.29, 1.82) is 5.26 Å². The summed E-state index contributed by atoms with van der Waals surface area (Å²) in [6.45, 7) is 0. The van der Waals surface area contributed by atoms with Gasteiger partial charge < -0.3 is 5.11 Å². The van der Waals surface area contributed by atoms with E-state index >= 15 is 0 Å². The van der Waals surface area contributed by atoms with E-state index in [1.54, 1.807) is 6.07 Å². The number of aromatic nitrogens is 3. The van der Waals surface area contributed by atoms with Crippen LogP contribution in [0.3, 0.4) is 0 Å². The molecule has 0 fully saturated rings. The smallest absolute Gasteiger partial charge is 0.431 e. The number of carboxylic acids is 1. The number of hydrogen-bond donors (Lipinski definition) is 1. The molecule has 104 valence electrons. The summed E-state index contributed by atoms with van der Waals surface area (Å²) in [7, 11) is 0.